The normalized spacial score (nSPS) is 16.8. The fraction of sp³-hybridized carbons (Fsp3) is 0.526. The molecule has 2 aromatic rings. The largest absolute Gasteiger partial charge is 0.573 e. The van der Waals surface area contributed by atoms with Crippen LogP contribution in [0.3, 0.4) is 0 Å². The predicted molar refractivity (Wildman–Crippen MR) is 104 cm³/mol. The van der Waals surface area contributed by atoms with Crippen LogP contribution in [-0.2, 0) is 30.9 Å². The van der Waals surface area contributed by atoms with Gasteiger partial charge in [-0.1, -0.05) is 18.2 Å². The van der Waals surface area contributed by atoms with Crippen molar-refractivity contribution in [1.82, 2.24) is 25.4 Å². The zero-order valence-electron chi connectivity index (χ0n) is 16.9. The number of hydrogen-bond donors (Lipinski definition) is 2. The molecule has 1 aromatic carbocycles. The van der Waals surface area contributed by atoms with Crippen LogP contribution in [0, 0.1) is 0 Å². The van der Waals surface area contributed by atoms with Crippen molar-refractivity contribution in [1.29, 1.82) is 0 Å². The highest BCUT2D eigenvalue weighted by Crippen LogP contribution is 2.26. The number of rotatable bonds is 7. The molecular weight excluding hydrogens is 401 g/mol. The Kier molecular flexibility index (Phi) is 7.14. The first kappa shape index (κ1) is 21.9. The number of hydrogen-bond acceptors (Lipinski definition) is 5. The third-order valence-corrected chi connectivity index (χ3v) is 4.47. The van der Waals surface area contributed by atoms with Crippen LogP contribution in [0.2, 0.25) is 0 Å². The van der Waals surface area contributed by atoms with Crippen LogP contribution < -0.4 is 15.4 Å². The van der Waals surface area contributed by atoms with Gasteiger partial charge in [-0.2, -0.15) is 5.10 Å². The third kappa shape index (κ3) is 6.09. The molecule has 8 nitrogen and oxygen atoms in total. The maximum atomic E-state index is 12.6. The topological polar surface area (TPSA) is 85.6 Å². The molecule has 0 radical (unpaired) electrons. The van der Waals surface area contributed by atoms with Gasteiger partial charge in [-0.15, -0.1) is 13.2 Å². The van der Waals surface area contributed by atoms with Crippen molar-refractivity contribution in [3.8, 4) is 5.75 Å². The molecular formula is C19H25F3N6O2. The smallest absolute Gasteiger partial charge is 0.405 e. The van der Waals surface area contributed by atoms with Gasteiger partial charge in [-0.05, 0) is 19.4 Å². The van der Waals surface area contributed by atoms with Gasteiger partial charge in [0.25, 0.3) is 0 Å². The number of benzene rings is 1. The lowest BCUT2D eigenvalue weighted by atomic mass is 10.1. The number of fused-ring (bicyclic) bond motifs is 1. The Labute approximate surface area is 172 Å². The lowest BCUT2D eigenvalue weighted by Crippen LogP contribution is -2.47. The standard InChI is InChI=1S/C19H25F3N6O2/c1-3-23-18(24-10-13-6-4-5-7-15(13)30-19(20,21)22)25-14-8-9-17-26-16(12-29-2)27-28(17)11-14/h4-7,14H,3,8-12H2,1-2H3,(H2,23,24,25). The van der Waals surface area contributed by atoms with Crippen molar-refractivity contribution in [3.05, 3.63) is 41.5 Å². The first-order valence-electron chi connectivity index (χ1n) is 9.68. The molecule has 11 heteroatoms. The summed E-state index contributed by atoms with van der Waals surface area (Å²) >= 11 is 0. The van der Waals surface area contributed by atoms with Gasteiger partial charge in [-0.25, -0.2) is 14.7 Å². The van der Waals surface area contributed by atoms with E-state index in [1.165, 1.54) is 12.1 Å². The fourth-order valence-corrected chi connectivity index (χ4v) is 3.20. The van der Waals surface area contributed by atoms with Crippen LogP contribution in [0.15, 0.2) is 29.3 Å². The molecule has 2 heterocycles. The second-order valence-electron chi connectivity index (χ2n) is 6.79. The van der Waals surface area contributed by atoms with Crippen molar-refractivity contribution in [3.63, 3.8) is 0 Å². The lowest BCUT2D eigenvalue weighted by molar-refractivity contribution is -0.274. The molecule has 0 bridgehead atoms. The summed E-state index contributed by atoms with van der Waals surface area (Å²) in [4.78, 5) is 8.89. The molecule has 0 aliphatic carbocycles. The van der Waals surface area contributed by atoms with Gasteiger partial charge in [0.2, 0.25) is 0 Å². The molecule has 1 unspecified atom stereocenters. The number of nitrogens with one attached hydrogen (secondary N) is 2. The summed E-state index contributed by atoms with van der Waals surface area (Å²) in [5.74, 6) is 1.83. The Hall–Kier alpha value is -2.82. The number of aliphatic imine (C=N–C) groups is 1. The van der Waals surface area contributed by atoms with Crippen LogP contribution in [0.5, 0.6) is 5.75 Å². The molecule has 0 saturated carbocycles. The average Bonchev–Trinajstić information content (AvgIpc) is 3.08. The molecule has 1 aliphatic rings. The highest BCUT2D eigenvalue weighted by Gasteiger charge is 2.32. The lowest BCUT2D eigenvalue weighted by Gasteiger charge is -2.25. The van der Waals surface area contributed by atoms with Gasteiger partial charge in [0, 0.05) is 31.7 Å². The zero-order chi connectivity index (χ0) is 21.6. The zero-order valence-corrected chi connectivity index (χ0v) is 16.9. The van der Waals surface area contributed by atoms with E-state index < -0.39 is 6.36 Å². The van der Waals surface area contributed by atoms with E-state index in [0.717, 1.165) is 18.7 Å². The molecule has 164 valence electrons. The maximum Gasteiger partial charge on any atom is 0.573 e. The van der Waals surface area contributed by atoms with E-state index in [9.17, 15) is 13.2 Å². The van der Waals surface area contributed by atoms with Crippen molar-refractivity contribution < 1.29 is 22.6 Å². The maximum absolute atomic E-state index is 12.6. The monoisotopic (exact) mass is 426 g/mol. The van der Waals surface area contributed by atoms with Crippen LogP contribution in [0.25, 0.3) is 0 Å². The van der Waals surface area contributed by atoms with Gasteiger partial charge in [-0.3, -0.25) is 0 Å². The van der Waals surface area contributed by atoms with E-state index in [1.54, 1.807) is 19.2 Å². The summed E-state index contributed by atoms with van der Waals surface area (Å²) in [6, 6.07) is 6.05. The summed E-state index contributed by atoms with van der Waals surface area (Å²) in [5, 5.41) is 10.9. The van der Waals surface area contributed by atoms with Crippen molar-refractivity contribution in [2.45, 2.75) is 51.9 Å². The summed E-state index contributed by atoms with van der Waals surface area (Å²) in [6.45, 7) is 3.56. The quantitative estimate of drug-likeness (QED) is 0.523. The number of nitrogens with zero attached hydrogens (tertiary/aromatic N) is 4. The minimum atomic E-state index is -4.75. The van der Waals surface area contributed by atoms with E-state index in [-0.39, 0.29) is 18.3 Å². The highest BCUT2D eigenvalue weighted by molar-refractivity contribution is 5.80. The molecule has 30 heavy (non-hydrogen) atoms. The Morgan fingerprint density at radius 3 is 2.87 bits per heavy atom. The molecule has 0 fully saturated rings. The number of halogens is 3. The number of aromatic nitrogens is 3. The predicted octanol–water partition coefficient (Wildman–Crippen LogP) is 2.39. The summed E-state index contributed by atoms with van der Waals surface area (Å²) in [5.41, 5.74) is 0.346. The molecule has 1 aromatic heterocycles. The molecule has 3 rings (SSSR count). The van der Waals surface area contributed by atoms with Gasteiger partial charge < -0.3 is 20.1 Å². The Morgan fingerprint density at radius 1 is 1.33 bits per heavy atom. The highest BCUT2D eigenvalue weighted by atomic mass is 19.4. The average molecular weight is 426 g/mol. The van der Waals surface area contributed by atoms with Gasteiger partial charge in [0.1, 0.15) is 18.2 Å². The minimum absolute atomic E-state index is 0.0425. The van der Waals surface area contributed by atoms with Crippen LogP contribution >= 0.6 is 0 Å². The first-order chi connectivity index (χ1) is 14.4. The molecule has 0 saturated heterocycles. The Bertz CT molecular complexity index is 868. The first-order valence-corrected chi connectivity index (χ1v) is 9.68. The fourth-order valence-electron chi connectivity index (χ4n) is 3.20. The Morgan fingerprint density at radius 2 is 2.13 bits per heavy atom. The van der Waals surface area contributed by atoms with Crippen molar-refractivity contribution >= 4 is 5.96 Å². The van der Waals surface area contributed by atoms with E-state index in [0.29, 0.717) is 37.0 Å². The van der Waals surface area contributed by atoms with Gasteiger partial charge in [0.15, 0.2) is 11.8 Å². The molecule has 1 aliphatic heterocycles. The summed E-state index contributed by atoms with van der Waals surface area (Å²) in [7, 11) is 1.60. The van der Waals surface area contributed by atoms with E-state index in [2.05, 4.69) is 30.4 Å². The number of para-hydroxylation sites is 1. The number of ether oxygens (including phenoxy) is 2. The van der Waals surface area contributed by atoms with Crippen molar-refractivity contribution in [2.75, 3.05) is 13.7 Å². The van der Waals surface area contributed by atoms with E-state index in [4.69, 9.17) is 4.74 Å². The minimum Gasteiger partial charge on any atom is -0.405 e. The molecule has 0 amide bonds. The van der Waals surface area contributed by atoms with E-state index >= 15 is 0 Å². The summed E-state index contributed by atoms with van der Waals surface area (Å²) in [6.07, 6.45) is -3.15. The summed E-state index contributed by atoms with van der Waals surface area (Å²) < 4.78 is 48.9. The Balaban J connectivity index is 1.67. The van der Waals surface area contributed by atoms with Gasteiger partial charge >= 0.3 is 6.36 Å². The molecule has 1 atom stereocenters. The van der Waals surface area contributed by atoms with Crippen LogP contribution in [0.4, 0.5) is 13.2 Å². The number of methoxy groups -OCH3 is 1. The SMILES string of the molecule is CCNC(=NCc1ccccc1OC(F)(F)F)NC1CCc2nc(COC)nn2C1. The number of aryl methyl sites for hydroxylation is 1. The number of alkyl halides is 3. The van der Waals surface area contributed by atoms with Crippen LogP contribution in [0.1, 0.15) is 30.6 Å². The van der Waals surface area contributed by atoms with E-state index in [1.807, 2.05) is 11.6 Å². The van der Waals surface area contributed by atoms with Gasteiger partial charge in [0.05, 0.1) is 13.1 Å². The molecule has 0 spiro atoms. The second kappa shape index (κ2) is 9.79. The second-order valence-corrected chi connectivity index (χ2v) is 6.79. The molecule has 2 N–H and O–H groups in total. The number of guanidine groups is 1. The third-order valence-electron chi connectivity index (χ3n) is 4.47. The van der Waals surface area contributed by atoms with Crippen molar-refractivity contribution in [2.24, 2.45) is 4.99 Å². The van der Waals surface area contributed by atoms with Crippen LogP contribution in [-0.4, -0.2) is 46.8 Å².